The largest absolute Gasteiger partial charge is 0.376 e. The Hall–Kier alpha value is -2.52. The standard InChI is InChI=1S/C20H20ClF3N2O3S/c1-11(6-7-30(3,28)29)25-20(27)15-9-18(24)19(10-17(15)23)26-12(2)14-8-13(22)4-5-16(14)21/h4-12,26H,1-3H3,(H,25,27)/b7-6+/t11-,12+/m1/s1. The quantitative estimate of drug-likeness (QED) is 0.633. The minimum Gasteiger partial charge on any atom is -0.376 e. The number of amides is 1. The van der Waals surface area contributed by atoms with Gasteiger partial charge in [-0.05, 0) is 43.7 Å². The van der Waals surface area contributed by atoms with Crippen LogP contribution in [-0.4, -0.2) is 26.6 Å². The van der Waals surface area contributed by atoms with Gasteiger partial charge >= 0.3 is 0 Å². The third-order valence-corrected chi connectivity index (χ3v) is 5.07. The monoisotopic (exact) mass is 460 g/mol. The maximum absolute atomic E-state index is 14.5. The summed E-state index contributed by atoms with van der Waals surface area (Å²) in [4.78, 5) is 12.2. The van der Waals surface area contributed by atoms with Gasteiger partial charge in [-0.1, -0.05) is 17.7 Å². The van der Waals surface area contributed by atoms with Crippen LogP contribution < -0.4 is 10.6 Å². The summed E-state index contributed by atoms with van der Waals surface area (Å²) in [7, 11) is -3.39. The van der Waals surface area contributed by atoms with Crippen LogP contribution >= 0.6 is 11.6 Å². The second kappa shape index (κ2) is 9.53. The molecular formula is C20H20ClF3N2O3S. The second-order valence-corrected chi connectivity index (χ2v) is 9.10. The Morgan fingerprint density at radius 3 is 2.40 bits per heavy atom. The van der Waals surface area contributed by atoms with Crippen molar-refractivity contribution in [1.82, 2.24) is 5.32 Å². The first kappa shape index (κ1) is 23.8. The van der Waals surface area contributed by atoms with Crippen LogP contribution in [0.5, 0.6) is 0 Å². The minimum absolute atomic E-state index is 0.234. The first-order chi connectivity index (χ1) is 13.9. The summed E-state index contributed by atoms with van der Waals surface area (Å²) in [5.41, 5.74) is -0.430. The molecule has 0 aliphatic carbocycles. The molecule has 5 nitrogen and oxygen atoms in total. The van der Waals surface area contributed by atoms with Crippen molar-refractivity contribution in [3.05, 3.63) is 75.4 Å². The van der Waals surface area contributed by atoms with E-state index >= 15 is 0 Å². The smallest absolute Gasteiger partial charge is 0.254 e. The zero-order chi connectivity index (χ0) is 22.6. The van der Waals surface area contributed by atoms with E-state index < -0.39 is 50.8 Å². The van der Waals surface area contributed by atoms with Crippen LogP contribution in [0.3, 0.4) is 0 Å². The molecule has 2 rings (SSSR count). The number of benzene rings is 2. The molecule has 30 heavy (non-hydrogen) atoms. The number of carbonyl (C=O) groups is 1. The summed E-state index contributed by atoms with van der Waals surface area (Å²) in [6.45, 7) is 3.07. The van der Waals surface area contributed by atoms with Crippen molar-refractivity contribution in [2.75, 3.05) is 11.6 Å². The minimum atomic E-state index is -3.39. The Labute approximate surface area is 177 Å². The van der Waals surface area contributed by atoms with E-state index in [1.165, 1.54) is 31.2 Å². The summed E-state index contributed by atoms with van der Waals surface area (Å²) >= 11 is 6.03. The number of hydrogen-bond donors (Lipinski definition) is 2. The van der Waals surface area contributed by atoms with Crippen molar-refractivity contribution in [2.24, 2.45) is 0 Å². The highest BCUT2D eigenvalue weighted by Gasteiger charge is 2.19. The summed E-state index contributed by atoms with van der Waals surface area (Å²) < 4.78 is 64.6. The average Bonchev–Trinajstić information content (AvgIpc) is 2.64. The topological polar surface area (TPSA) is 75.3 Å². The van der Waals surface area contributed by atoms with Gasteiger partial charge in [0.05, 0.1) is 17.3 Å². The third kappa shape index (κ3) is 6.50. The van der Waals surface area contributed by atoms with Gasteiger partial charge in [0.2, 0.25) is 0 Å². The van der Waals surface area contributed by atoms with E-state index in [1.54, 1.807) is 6.92 Å². The molecule has 0 spiro atoms. The number of sulfone groups is 1. The predicted molar refractivity (Wildman–Crippen MR) is 111 cm³/mol. The molecule has 0 bridgehead atoms. The lowest BCUT2D eigenvalue weighted by atomic mass is 10.1. The maximum atomic E-state index is 14.5. The molecule has 0 aliphatic heterocycles. The molecule has 162 valence electrons. The SMILES string of the molecule is C[C@H](/C=C/S(C)(=O)=O)NC(=O)c1cc(F)c(N[C@@H](C)c2cc(F)ccc2Cl)cc1F. The van der Waals surface area contributed by atoms with E-state index in [0.717, 1.165) is 23.8 Å². The van der Waals surface area contributed by atoms with E-state index in [4.69, 9.17) is 11.6 Å². The van der Waals surface area contributed by atoms with Crippen molar-refractivity contribution in [3.63, 3.8) is 0 Å². The van der Waals surface area contributed by atoms with Gasteiger partial charge in [-0.3, -0.25) is 4.79 Å². The van der Waals surface area contributed by atoms with Crippen molar-refractivity contribution >= 4 is 33.0 Å². The number of anilines is 1. The first-order valence-electron chi connectivity index (χ1n) is 8.77. The molecular weight excluding hydrogens is 441 g/mol. The first-order valence-corrected chi connectivity index (χ1v) is 11.1. The highest BCUT2D eigenvalue weighted by atomic mass is 35.5. The van der Waals surface area contributed by atoms with Crippen LogP contribution in [0.15, 0.2) is 41.8 Å². The zero-order valence-electron chi connectivity index (χ0n) is 16.3. The lowest BCUT2D eigenvalue weighted by Gasteiger charge is -2.18. The van der Waals surface area contributed by atoms with Crippen LogP contribution in [0.2, 0.25) is 5.02 Å². The highest BCUT2D eigenvalue weighted by molar-refractivity contribution is 7.93. The van der Waals surface area contributed by atoms with Crippen LogP contribution in [0, 0.1) is 17.5 Å². The molecule has 0 saturated carbocycles. The van der Waals surface area contributed by atoms with E-state index in [0.29, 0.717) is 5.56 Å². The number of nitrogens with one attached hydrogen (secondary N) is 2. The van der Waals surface area contributed by atoms with Crippen LogP contribution in [-0.2, 0) is 9.84 Å². The zero-order valence-corrected chi connectivity index (χ0v) is 17.9. The van der Waals surface area contributed by atoms with Gasteiger partial charge in [0.25, 0.3) is 5.91 Å². The molecule has 2 aromatic rings. The van der Waals surface area contributed by atoms with Gasteiger partial charge in [-0.2, -0.15) is 0 Å². The Morgan fingerprint density at radius 1 is 1.10 bits per heavy atom. The Balaban J connectivity index is 2.19. The summed E-state index contributed by atoms with van der Waals surface area (Å²) in [5.74, 6) is -3.33. The van der Waals surface area contributed by atoms with E-state index in [2.05, 4.69) is 10.6 Å². The van der Waals surface area contributed by atoms with Gasteiger partial charge in [-0.25, -0.2) is 21.6 Å². The fourth-order valence-corrected chi connectivity index (χ4v) is 3.38. The van der Waals surface area contributed by atoms with Crippen LogP contribution in [0.4, 0.5) is 18.9 Å². The van der Waals surface area contributed by atoms with Crippen molar-refractivity contribution in [3.8, 4) is 0 Å². The average molecular weight is 461 g/mol. The molecule has 2 atom stereocenters. The number of hydrogen-bond acceptors (Lipinski definition) is 4. The lowest BCUT2D eigenvalue weighted by molar-refractivity contribution is 0.0942. The molecule has 0 saturated heterocycles. The van der Waals surface area contributed by atoms with E-state index in [1.807, 2.05) is 0 Å². The molecule has 10 heteroatoms. The molecule has 0 fully saturated rings. The predicted octanol–water partition coefficient (Wildman–Crippen LogP) is 4.61. The number of rotatable bonds is 7. The fourth-order valence-electron chi connectivity index (χ4n) is 2.58. The Kier molecular flexibility index (Phi) is 7.54. The van der Waals surface area contributed by atoms with Crippen LogP contribution in [0.25, 0.3) is 0 Å². The number of carbonyl (C=O) groups excluding carboxylic acids is 1. The normalized spacial score (nSPS) is 13.8. The second-order valence-electron chi connectivity index (χ2n) is 6.76. The van der Waals surface area contributed by atoms with Gasteiger partial charge in [0, 0.05) is 28.8 Å². The summed E-state index contributed by atoms with van der Waals surface area (Å²) in [5, 5.41) is 6.22. The van der Waals surface area contributed by atoms with E-state index in [-0.39, 0.29) is 10.7 Å². The van der Waals surface area contributed by atoms with E-state index in [9.17, 15) is 26.4 Å². The van der Waals surface area contributed by atoms with Crippen molar-refractivity contribution in [1.29, 1.82) is 0 Å². The fraction of sp³-hybridized carbons (Fsp3) is 0.250. The van der Waals surface area contributed by atoms with Gasteiger partial charge < -0.3 is 10.6 Å². The van der Waals surface area contributed by atoms with Crippen LogP contribution in [0.1, 0.15) is 35.8 Å². The Morgan fingerprint density at radius 2 is 1.77 bits per heavy atom. The Bertz CT molecular complexity index is 1090. The molecule has 0 heterocycles. The number of halogens is 4. The lowest BCUT2D eigenvalue weighted by Crippen LogP contribution is -2.32. The van der Waals surface area contributed by atoms with Gasteiger partial charge in [-0.15, -0.1) is 0 Å². The summed E-state index contributed by atoms with van der Waals surface area (Å²) in [6.07, 6.45) is 2.19. The maximum Gasteiger partial charge on any atom is 0.254 e. The molecule has 2 aromatic carbocycles. The molecule has 2 N–H and O–H groups in total. The highest BCUT2D eigenvalue weighted by Crippen LogP contribution is 2.29. The van der Waals surface area contributed by atoms with Gasteiger partial charge in [0.1, 0.15) is 17.5 Å². The van der Waals surface area contributed by atoms with Crippen molar-refractivity contribution < 1.29 is 26.4 Å². The van der Waals surface area contributed by atoms with Gasteiger partial charge in [0.15, 0.2) is 9.84 Å². The summed E-state index contributed by atoms with van der Waals surface area (Å²) in [6, 6.07) is 3.87. The molecule has 1 amide bonds. The van der Waals surface area contributed by atoms with Crippen molar-refractivity contribution in [2.45, 2.75) is 25.9 Å². The molecule has 0 aliphatic rings. The molecule has 0 radical (unpaired) electrons. The molecule has 0 unspecified atom stereocenters. The third-order valence-electron chi connectivity index (χ3n) is 4.07. The molecule has 0 aromatic heterocycles.